The van der Waals surface area contributed by atoms with E-state index in [2.05, 4.69) is 20.3 Å². The van der Waals surface area contributed by atoms with Gasteiger partial charge in [0, 0.05) is 30.8 Å². The van der Waals surface area contributed by atoms with Crippen LogP contribution in [0.2, 0.25) is 0 Å². The number of hydrogen-bond acceptors (Lipinski definition) is 7. The first-order valence-corrected chi connectivity index (χ1v) is 12.3. The normalized spacial score (nSPS) is 19.5. The zero-order valence-corrected chi connectivity index (χ0v) is 20.7. The highest BCUT2D eigenvalue weighted by Crippen LogP contribution is 2.38. The second-order valence-corrected chi connectivity index (χ2v) is 9.49. The Labute approximate surface area is 209 Å². The third-order valence-electron chi connectivity index (χ3n) is 6.87. The van der Waals surface area contributed by atoms with Crippen LogP contribution in [-0.2, 0) is 4.79 Å². The van der Waals surface area contributed by atoms with Gasteiger partial charge < -0.3 is 29.8 Å². The van der Waals surface area contributed by atoms with Crippen molar-refractivity contribution >= 4 is 22.8 Å². The molecule has 0 radical (unpaired) electrons. The van der Waals surface area contributed by atoms with Gasteiger partial charge in [0.15, 0.2) is 0 Å². The molecule has 1 saturated carbocycles. The highest BCUT2D eigenvalue weighted by molar-refractivity contribution is 6.09. The Morgan fingerprint density at radius 1 is 1.25 bits per heavy atom. The number of aryl methyl sites for hydroxylation is 1. The summed E-state index contributed by atoms with van der Waals surface area (Å²) in [6.07, 6.45) is 3.31. The van der Waals surface area contributed by atoms with E-state index < -0.39 is 12.1 Å². The van der Waals surface area contributed by atoms with Crippen LogP contribution >= 0.6 is 0 Å². The van der Waals surface area contributed by atoms with Gasteiger partial charge in [-0.15, -0.1) is 0 Å². The highest BCUT2D eigenvalue weighted by Gasteiger charge is 2.35. The van der Waals surface area contributed by atoms with Gasteiger partial charge in [-0.1, -0.05) is 6.92 Å². The molecule has 10 nitrogen and oxygen atoms in total. The van der Waals surface area contributed by atoms with E-state index in [0.29, 0.717) is 58.4 Å². The summed E-state index contributed by atoms with van der Waals surface area (Å²) in [6.45, 7) is 4.70. The van der Waals surface area contributed by atoms with Crippen molar-refractivity contribution in [2.24, 2.45) is 5.92 Å². The number of hydrogen-bond donors (Lipinski definition) is 3. The van der Waals surface area contributed by atoms with Crippen LogP contribution in [0, 0.1) is 12.8 Å². The second kappa shape index (κ2) is 9.77. The molecule has 5 rings (SSSR count). The first-order valence-electron chi connectivity index (χ1n) is 12.3. The Kier molecular flexibility index (Phi) is 6.53. The minimum absolute atomic E-state index is 0.0514. The van der Waals surface area contributed by atoms with Gasteiger partial charge in [-0.3, -0.25) is 9.59 Å². The van der Waals surface area contributed by atoms with E-state index in [-0.39, 0.29) is 24.9 Å². The number of aliphatic hydroxyl groups excluding tert-OH is 1. The largest absolute Gasteiger partial charge is 0.497 e. The average molecular weight is 494 g/mol. The number of amides is 2. The molecule has 2 aromatic heterocycles. The molecule has 2 atom stereocenters. The van der Waals surface area contributed by atoms with Crippen LogP contribution in [-0.4, -0.2) is 75.7 Å². The van der Waals surface area contributed by atoms with E-state index in [4.69, 9.17) is 9.47 Å². The lowest BCUT2D eigenvalue weighted by atomic mass is 10.1. The molecule has 36 heavy (non-hydrogen) atoms. The van der Waals surface area contributed by atoms with E-state index in [1.165, 1.54) is 19.2 Å². The monoisotopic (exact) mass is 493 g/mol. The fourth-order valence-corrected chi connectivity index (χ4v) is 4.64. The number of ether oxygens (including phenoxy) is 2. The SMILES string of the molecule is CCC(=O)N1C[C@H](O)[C@H](NC(=O)c2c(C)[nH]c3c(-c4cc(OC)ccc4OCC4CC4)ncnc23)C1. The molecule has 2 amide bonds. The van der Waals surface area contributed by atoms with Gasteiger partial charge in [0.2, 0.25) is 5.91 Å². The quantitative estimate of drug-likeness (QED) is 0.439. The fraction of sp³-hybridized carbons (Fsp3) is 0.462. The van der Waals surface area contributed by atoms with Crippen LogP contribution in [0.3, 0.4) is 0 Å². The standard InChI is InChI=1S/C26H31N5O5/c1-4-21(33)31-10-18(19(32)11-31)30-26(34)22-14(2)29-25-23(27-13-28-24(22)25)17-9-16(35-3)7-8-20(17)36-12-15-5-6-15/h7-9,13,15,18-19,29,32H,4-6,10-12H2,1-3H3,(H,30,34)/t18-,19+/m1/s1. The van der Waals surface area contributed by atoms with E-state index in [1.807, 2.05) is 18.2 Å². The van der Waals surface area contributed by atoms with Crippen molar-refractivity contribution in [1.29, 1.82) is 0 Å². The minimum atomic E-state index is -0.830. The van der Waals surface area contributed by atoms with Crippen LogP contribution in [0.1, 0.15) is 42.2 Å². The summed E-state index contributed by atoms with van der Waals surface area (Å²) in [7, 11) is 1.60. The third-order valence-corrected chi connectivity index (χ3v) is 6.87. The number of carbonyl (C=O) groups excluding carboxylic acids is 2. The number of rotatable bonds is 8. The van der Waals surface area contributed by atoms with Gasteiger partial charge in [-0.25, -0.2) is 9.97 Å². The fourth-order valence-electron chi connectivity index (χ4n) is 4.64. The van der Waals surface area contributed by atoms with Crippen molar-refractivity contribution < 1.29 is 24.2 Å². The van der Waals surface area contributed by atoms with E-state index >= 15 is 0 Å². The summed E-state index contributed by atoms with van der Waals surface area (Å²) < 4.78 is 11.6. The zero-order valence-electron chi connectivity index (χ0n) is 20.7. The van der Waals surface area contributed by atoms with Gasteiger partial charge in [0.25, 0.3) is 5.91 Å². The number of nitrogens with one attached hydrogen (secondary N) is 2. The Balaban J connectivity index is 1.47. The maximum Gasteiger partial charge on any atom is 0.255 e. The van der Waals surface area contributed by atoms with Crippen LogP contribution in [0.5, 0.6) is 11.5 Å². The van der Waals surface area contributed by atoms with Crippen molar-refractivity contribution in [3.63, 3.8) is 0 Å². The predicted molar refractivity (Wildman–Crippen MR) is 133 cm³/mol. The van der Waals surface area contributed by atoms with Gasteiger partial charge in [0.1, 0.15) is 29.0 Å². The zero-order chi connectivity index (χ0) is 25.4. The number of aromatic nitrogens is 3. The Morgan fingerprint density at radius 3 is 2.78 bits per heavy atom. The lowest BCUT2D eigenvalue weighted by Gasteiger charge is -2.16. The van der Waals surface area contributed by atoms with Crippen LogP contribution in [0.4, 0.5) is 0 Å². The van der Waals surface area contributed by atoms with Gasteiger partial charge in [-0.2, -0.15) is 0 Å². The molecule has 1 aromatic carbocycles. The van der Waals surface area contributed by atoms with Crippen molar-refractivity contribution in [3.8, 4) is 22.8 Å². The maximum absolute atomic E-state index is 13.3. The molecule has 10 heteroatoms. The molecule has 2 fully saturated rings. The van der Waals surface area contributed by atoms with Gasteiger partial charge >= 0.3 is 0 Å². The predicted octanol–water partition coefficient (Wildman–Crippen LogP) is 2.44. The van der Waals surface area contributed by atoms with Crippen LogP contribution in [0.15, 0.2) is 24.5 Å². The molecule has 3 N–H and O–H groups in total. The Morgan fingerprint density at radius 2 is 2.06 bits per heavy atom. The van der Waals surface area contributed by atoms with Crippen LogP contribution < -0.4 is 14.8 Å². The average Bonchev–Trinajstić information content (AvgIpc) is 3.55. The number of methoxy groups -OCH3 is 1. The highest BCUT2D eigenvalue weighted by atomic mass is 16.5. The summed E-state index contributed by atoms with van der Waals surface area (Å²) in [4.78, 5) is 39.2. The summed E-state index contributed by atoms with van der Waals surface area (Å²) in [5, 5.41) is 13.3. The number of β-amino-alcohol motifs (C(OH)–C–C–N with tert-alkyl or cyclic N) is 1. The number of carbonyl (C=O) groups is 2. The van der Waals surface area contributed by atoms with E-state index in [1.54, 1.807) is 25.9 Å². The first-order chi connectivity index (χ1) is 17.4. The number of nitrogens with zero attached hydrogens (tertiary/aromatic N) is 3. The van der Waals surface area contributed by atoms with Crippen molar-refractivity contribution in [1.82, 2.24) is 25.2 Å². The molecule has 1 saturated heterocycles. The number of likely N-dealkylation sites (tertiary alicyclic amines) is 1. The topological polar surface area (TPSA) is 130 Å². The Bertz CT molecular complexity index is 1300. The van der Waals surface area contributed by atoms with E-state index in [9.17, 15) is 14.7 Å². The Hall–Kier alpha value is -3.66. The lowest BCUT2D eigenvalue weighted by molar-refractivity contribution is -0.130. The van der Waals surface area contributed by atoms with Crippen molar-refractivity contribution in [2.45, 2.75) is 45.3 Å². The number of benzene rings is 1. The van der Waals surface area contributed by atoms with Crippen molar-refractivity contribution in [3.05, 3.63) is 35.8 Å². The molecule has 190 valence electrons. The smallest absolute Gasteiger partial charge is 0.255 e. The maximum atomic E-state index is 13.3. The van der Waals surface area contributed by atoms with Crippen LogP contribution in [0.25, 0.3) is 22.3 Å². The van der Waals surface area contributed by atoms with Crippen molar-refractivity contribution in [2.75, 3.05) is 26.8 Å². The summed E-state index contributed by atoms with van der Waals surface area (Å²) in [5.74, 6) is 1.52. The number of fused-ring (bicyclic) bond motifs is 1. The number of aromatic amines is 1. The summed E-state index contributed by atoms with van der Waals surface area (Å²) in [5.41, 5.74) is 3.44. The molecule has 0 unspecified atom stereocenters. The van der Waals surface area contributed by atoms with Gasteiger partial charge in [-0.05, 0) is 43.9 Å². The first kappa shape index (κ1) is 24.1. The molecule has 0 spiro atoms. The second-order valence-electron chi connectivity index (χ2n) is 9.49. The third kappa shape index (κ3) is 4.60. The molecule has 0 bridgehead atoms. The number of H-pyrrole nitrogens is 1. The molecule has 1 aliphatic heterocycles. The summed E-state index contributed by atoms with van der Waals surface area (Å²) >= 11 is 0. The molecule has 2 aliphatic rings. The molecule has 3 aromatic rings. The number of aliphatic hydroxyl groups is 1. The molecular weight excluding hydrogens is 462 g/mol. The molecule has 1 aliphatic carbocycles. The van der Waals surface area contributed by atoms with Gasteiger partial charge in [0.05, 0.1) is 36.9 Å². The molecular formula is C26H31N5O5. The van der Waals surface area contributed by atoms with E-state index in [0.717, 1.165) is 5.56 Å². The molecule has 3 heterocycles. The summed E-state index contributed by atoms with van der Waals surface area (Å²) in [6, 6.07) is 5.04. The minimum Gasteiger partial charge on any atom is -0.497 e. The lowest BCUT2D eigenvalue weighted by Crippen LogP contribution is -2.43.